The van der Waals surface area contributed by atoms with Crippen LogP contribution in [0.5, 0.6) is 0 Å². The standard InChI is InChI=1S/C19H35N7O.HI/c1-6-7-10-20-19(21-13-17-24-23-15(4)25(17)5)22-16-8-11-26(12-9-16)18(27)14(2)3;/h14,16H,6-13H2,1-5H3,(H2,20,21,22);1H. The molecule has 9 heteroatoms. The van der Waals surface area contributed by atoms with Crippen molar-refractivity contribution in [2.24, 2.45) is 18.0 Å². The van der Waals surface area contributed by atoms with Crippen LogP contribution in [0.2, 0.25) is 0 Å². The summed E-state index contributed by atoms with van der Waals surface area (Å²) in [6.45, 7) is 11.0. The second-order valence-electron chi connectivity index (χ2n) is 7.57. The Morgan fingerprint density at radius 3 is 2.50 bits per heavy atom. The Bertz CT molecular complexity index is 636. The van der Waals surface area contributed by atoms with E-state index in [2.05, 4.69) is 27.8 Å². The highest BCUT2D eigenvalue weighted by molar-refractivity contribution is 14.0. The number of carbonyl (C=O) groups excluding carboxylic acids is 1. The molecule has 0 saturated carbocycles. The van der Waals surface area contributed by atoms with Gasteiger partial charge < -0.3 is 20.1 Å². The van der Waals surface area contributed by atoms with Crippen LogP contribution in [-0.4, -0.2) is 57.2 Å². The number of guanidine groups is 1. The van der Waals surface area contributed by atoms with Gasteiger partial charge in [0.25, 0.3) is 0 Å². The van der Waals surface area contributed by atoms with Gasteiger partial charge in [0.15, 0.2) is 11.8 Å². The van der Waals surface area contributed by atoms with Crippen molar-refractivity contribution in [3.8, 4) is 0 Å². The second-order valence-corrected chi connectivity index (χ2v) is 7.57. The number of hydrogen-bond acceptors (Lipinski definition) is 4. The quantitative estimate of drug-likeness (QED) is 0.257. The van der Waals surface area contributed by atoms with E-state index in [1.807, 2.05) is 37.3 Å². The first-order chi connectivity index (χ1) is 12.9. The first-order valence-corrected chi connectivity index (χ1v) is 10.1. The third-order valence-electron chi connectivity index (χ3n) is 5.03. The predicted octanol–water partition coefficient (Wildman–Crippen LogP) is 2.22. The lowest BCUT2D eigenvalue weighted by molar-refractivity contribution is -0.135. The van der Waals surface area contributed by atoms with E-state index in [9.17, 15) is 4.79 Å². The lowest BCUT2D eigenvalue weighted by Crippen LogP contribution is -2.50. The van der Waals surface area contributed by atoms with Crippen molar-refractivity contribution in [2.75, 3.05) is 19.6 Å². The maximum absolute atomic E-state index is 12.1. The van der Waals surface area contributed by atoms with Crippen molar-refractivity contribution < 1.29 is 4.79 Å². The number of aromatic nitrogens is 3. The van der Waals surface area contributed by atoms with Gasteiger partial charge in [0.1, 0.15) is 12.4 Å². The Morgan fingerprint density at radius 2 is 1.96 bits per heavy atom. The Balaban J connectivity index is 0.00000392. The topological polar surface area (TPSA) is 87.4 Å². The Morgan fingerprint density at radius 1 is 1.29 bits per heavy atom. The number of aryl methyl sites for hydroxylation is 1. The molecule has 160 valence electrons. The van der Waals surface area contributed by atoms with Crippen LogP contribution in [0, 0.1) is 12.8 Å². The van der Waals surface area contributed by atoms with Gasteiger partial charge in [0, 0.05) is 38.6 Å². The molecule has 8 nitrogen and oxygen atoms in total. The molecule has 1 aliphatic heterocycles. The van der Waals surface area contributed by atoms with Gasteiger partial charge in [-0.1, -0.05) is 27.2 Å². The minimum absolute atomic E-state index is 0. The van der Waals surface area contributed by atoms with Crippen molar-refractivity contribution in [1.82, 2.24) is 30.3 Å². The molecular formula is C19H36IN7O. The average Bonchev–Trinajstić information content (AvgIpc) is 2.98. The third kappa shape index (κ3) is 7.21. The van der Waals surface area contributed by atoms with Gasteiger partial charge in [-0.25, -0.2) is 4.99 Å². The van der Waals surface area contributed by atoms with Crippen molar-refractivity contribution in [1.29, 1.82) is 0 Å². The number of piperidine rings is 1. The number of halogens is 1. The lowest BCUT2D eigenvalue weighted by Gasteiger charge is -2.34. The first-order valence-electron chi connectivity index (χ1n) is 10.1. The van der Waals surface area contributed by atoms with E-state index >= 15 is 0 Å². The number of aliphatic imine (C=N–C) groups is 1. The molecule has 28 heavy (non-hydrogen) atoms. The number of amides is 1. The monoisotopic (exact) mass is 505 g/mol. The van der Waals surface area contributed by atoms with E-state index in [0.29, 0.717) is 12.6 Å². The number of nitrogens with zero attached hydrogens (tertiary/aromatic N) is 5. The molecule has 0 spiro atoms. The van der Waals surface area contributed by atoms with Crippen LogP contribution in [0.4, 0.5) is 0 Å². The summed E-state index contributed by atoms with van der Waals surface area (Å²) >= 11 is 0. The molecule has 0 atom stereocenters. The van der Waals surface area contributed by atoms with Gasteiger partial charge in [-0.05, 0) is 26.2 Å². The van der Waals surface area contributed by atoms with Crippen molar-refractivity contribution >= 4 is 35.8 Å². The Kier molecular flexibility index (Phi) is 10.8. The molecule has 0 radical (unpaired) electrons. The number of likely N-dealkylation sites (tertiary alicyclic amines) is 1. The molecule has 2 heterocycles. The summed E-state index contributed by atoms with van der Waals surface area (Å²) < 4.78 is 1.96. The SMILES string of the molecule is CCCCNC(=NCc1nnc(C)n1C)NC1CCN(C(=O)C(C)C)CC1.I. The summed E-state index contributed by atoms with van der Waals surface area (Å²) in [5.74, 6) is 2.87. The average molecular weight is 505 g/mol. The van der Waals surface area contributed by atoms with E-state index in [1.165, 1.54) is 0 Å². The number of nitrogens with one attached hydrogen (secondary N) is 2. The smallest absolute Gasteiger partial charge is 0.225 e. The van der Waals surface area contributed by atoms with Crippen LogP contribution in [0.3, 0.4) is 0 Å². The molecular weight excluding hydrogens is 469 g/mol. The van der Waals surface area contributed by atoms with E-state index in [1.54, 1.807) is 0 Å². The summed E-state index contributed by atoms with van der Waals surface area (Å²) in [5.41, 5.74) is 0. The van der Waals surface area contributed by atoms with Crippen LogP contribution < -0.4 is 10.6 Å². The van der Waals surface area contributed by atoms with E-state index in [4.69, 9.17) is 4.99 Å². The van der Waals surface area contributed by atoms with Gasteiger partial charge in [0.2, 0.25) is 5.91 Å². The van der Waals surface area contributed by atoms with Crippen molar-refractivity contribution in [3.05, 3.63) is 11.6 Å². The van der Waals surface area contributed by atoms with Crippen molar-refractivity contribution in [2.45, 2.75) is 66.0 Å². The van der Waals surface area contributed by atoms with Gasteiger partial charge >= 0.3 is 0 Å². The normalized spacial score (nSPS) is 15.5. The molecule has 1 fully saturated rings. The fraction of sp³-hybridized carbons (Fsp3) is 0.789. The van der Waals surface area contributed by atoms with Crippen molar-refractivity contribution in [3.63, 3.8) is 0 Å². The molecule has 2 N–H and O–H groups in total. The van der Waals surface area contributed by atoms with Crippen LogP contribution in [0.1, 0.15) is 58.1 Å². The Labute approximate surface area is 186 Å². The molecule has 1 aromatic heterocycles. The number of hydrogen-bond donors (Lipinski definition) is 2. The first kappa shape index (κ1) is 24.6. The highest BCUT2D eigenvalue weighted by Crippen LogP contribution is 2.13. The second kappa shape index (κ2) is 12.2. The van der Waals surface area contributed by atoms with Crippen LogP contribution in [0.25, 0.3) is 0 Å². The lowest BCUT2D eigenvalue weighted by atomic mass is 10.0. The molecule has 0 unspecified atom stereocenters. The minimum atomic E-state index is 0. The van der Waals surface area contributed by atoms with E-state index in [-0.39, 0.29) is 35.8 Å². The molecule has 0 aromatic carbocycles. The third-order valence-corrected chi connectivity index (χ3v) is 5.03. The molecule has 1 aromatic rings. The summed E-state index contributed by atoms with van der Waals surface area (Å²) in [7, 11) is 1.96. The maximum Gasteiger partial charge on any atom is 0.225 e. The van der Waals surface area contributed by atoms with Crippen LogP contribution in [-0.2, 0) is 18.4 Å². The molecule has 1 aliphatic rings. The number of rotatable bonds is 7. The zero-order valence-corrected chi connectivity index (χ0v) is 20.2. The van der Waals surface area contributed by atoms with Gasteiger partial charge in [-0.3, -0.25) is 4.79 Å². The zero-order valence-electron chi connectivity index (χ0n) is 17.9. The molecule has 0 aliphatic carbocycles. The summed E-state index contributed by atoms with van der Waals surface area (Å²) in [5, 5.41) is 15.2. The number of carbonyl (C=O) groups is 1. The van der Waals surface area contributed by atoms with Crippen LogP contribution >= 0.6 is 24.0 Å². The fourth-order valence-electron chi connectivity index (χ4n) is 3.08. The van der Waals surface area contributed by atoms with Gasteiger partial charge in [-0.2, -0.15) is 0 Å². The summed E-state index contributed by atoms with van der Waals surface area (Å²) in [6, 6.07) is 0.329. The van der Waals surface area contributed by atoms with E-state index in [0.717, 1.165) is 62.9 Å². The molecule has 1 amide bonds. The highest BCUT2D eigenvalue weighted by atomic mass is 127. The molecule has 0 bridgehead atoms. The Hall–Kier alpha value is -1.39. The number of unbranched alkanes of at least 4 members (excludes halogenated alkanes) is 1. The van der Waals surface area contributed by atoms with Crippen LogP contribution in [0.15, 0.2) is 4.99 Å². The summed E-state index contributed by atoms with van der Waals surface area (Å²) in [4.78, 5) is 18.8. The molecule has 1 saturated heterocycles. The fourth-order valence-corrected chi connectivity index (χ4v) is 3.08. The summed E-state index contributed by atoms with van der Waals surface area (Å²) in [6.07, 6.45) is 4.12. The van der Waals surface area contributed by atoms with E-state index < -0.39 is 0 Å². The largest absolute Gasteiger partial charge is 0.356 e. The van der Waals surface area contributed by atoms with Gasteiger partial charge in [-0.15, -0.1) is 34.2 Å². The predicted molar refractivity (Wildman–Crippen MR) is 123 cm³/mol. The zero-order chi connectivity index (χ0) is 19.8. The molecule has 2 rings (SSSR count). The maximum atomic E-state index is 12.1. The highest BCUT2D eigenvalue weighted by Gasteiger charge is 2.24. The van der Waals surface area contributed by atoms with Gasteiger partial charge in [0.05, 0.1) is 0 Å². The minimum Gasteiger partial charge on any atom is -0.356 e.